The molecule has 2 aromatic carbocycles. The van der Waals surface area contributed by atoms with Crippen LogP contribution in [0.15, 0.2) is 47.4 Å². The molecule has 0 saturated carbocycles. The highest BCUT2D eigenvalue weighted by Crippen LogP contribution is 2.23. The lowest BCUT2D eigenvalue weighted by Crippen LogP contribution is -2.12. The van der Waals surface area contributed by atoms with Gasteiger partial charge < -0.3 is 5.32 Å². The minimum Gasteiger partial charge on any atom is -0.321 e. The Balaban J connectivity index is 2.24. The van der Waals surface area contributed by atoms with Crippen LogP contribution >= 0.6 is 24.2 Å². The molecule has 0 aliphatic rings. The van der Waals surface area contributed by atoms with E-state index in [9.17, 15) is 9.18 Å². The Morgan fingerprint density at radius 2 is 2.00 bits per heavy atom. The van der Waals surface area contributed by atoms with Gasteiger partial charge in [-0.1, -0.05) is 17.7 Å². The number of hydrogen-bond acceptors (Lipinski definition) is 2. The highest BCUT2D eigenvalue weighted by Gasteiger charge is 2.09. The second-order valence-corrected chi connectivity index (χ2v) is 4.55. The molecule has 5 heteroatoms. The van der Waals surface area contributed by atoms with E-state index in [0.29, 0.717) is 10.5 Å². The molecule has 0 heterocycles. The highest BCUT2D eigenvalue weighted by molar-refractivity contribution is 7.80. The average molecular weight is 282 g/mol. The average Bonchev–Trinajstić information content (AvgIpc) is 2.34. The highest BCUT2D eigenvalue weighted by atomic mass is 35.5. The maximum atomic E-state index is 13.0. The van der Waals surface area contributed by atoms with Crippen LogP contribution in [0.5, 0.6) is 0 Å². The quantitative estimate of drug-likeness (QED) is 0.800. The van der Waals surface area contributed by atoms with Gasteiger partial charge in [0.15, 0.2) is 0 Å². The zero-order chi connectivity index (χ0) is 13.1. The lowest BCUT2D eigenvalue weighted by Gasteiger charge is -2.07. The van der Waals surface area contributed by atoms with Crippen LogP contribution in [-0.2, 0) is 0 Å². The minimum atomic E-state index is -0.461. The molecule has 2 aromatic rings. The summed E-state index contributed by atoms with van der Waals surface area (Å²) in [4.78, 5) is 12.6. The predicted molar refractivity (Wildman–Crippen MR) is 73.1 cm³/mol. The van der Waals surface area contributed by atoms with Crippen molar-refractivity contribution in [3.63, 3.8) is 0 Å². The monoisotopic (exact) mass is 281 g/mol. The molecule has 0 saturated heterocycles. The molecule has 0 aliphatic carbocycles. The first kappa shape index (κ1) is 12.9. The van der Waals surface area contributed by atoms with Crippen molar-refractivity contribution in [2.75, 3.05) is 5.32 Å². The Morgan fingerprint density at radius 1 is 1.22 bits per heavy atom. The molecular formula is C13H9ClFNOS. The summed E-state index contributed by atoms with van der Waals surface area (Å²) >= 11 is 10.0. The summed E-state index contributed by atoms with van der Waals surface area (Å²) in [5.41, 5.74) is 0.675. The Morgan fingerprint density at radius 3 is 2.72 bits per heavy atom. The number of benzene rings is 2. The van der Waals surface area contributed by atoms with Crippen molar-refractivity contribution >= 4 is 35.8 Å². The summed E-state index contributed by atoms with van der Waals surface area (Å²) in [6.45, 7) is 0. The lowest BCUT2D eigenvalue weighted by molar-refractivity contribution is 0.102. The van der Waals surface area contributed by atoms with E-state index < -0.39 is 5.82 Å². The number of nitrogens with one attached hydrogen (secondary N) is 1. The SMILES string of the molecule is O=C(Nc1cc(F)ccc1Cl)c1cccc(S)c1. The third-order valence-electron chi connectivity index (χ3n) is 2.28. The van der Waals surface area contributed by atoms with Crippen LogP contribution < -0.4 is 5.32 Å². The van der Waals surface area contributed by atoms with Gasteiger partial charge in [-0.3, -0.25) is 4.79 Å². The van der Waals surface area contributed by atoms with Crippen molar-refractivity contribution in [2.24, 2.45) is 0 Å². The van der Waals surface area contributed by atoms with Crippen molar-refractivity contribution < 1.29 is 9.18 Å². The molecule has 0 aliphatic heterocycles. The lowest BCUT2D eigenvalue weighted by atomic mass is 10.2. The van der Waals surface area contributed by atoms with E-state index in [2.05, 4.69) is 17.9 Å². The molecule has 18 heavy (non-hydrogen) atoms. The fourth-order valence-corrected chi connectivity index (χ4v) is 1.82. The number of carbonyl (C=O) groups is 1. The summed E-state index contributed by atoms with van der Waals surface area (Å²) in [5, 5.41) is 2.83. The summed E-state index contributed by atoms with van der Waals surface area (Å²) < 4.78 is 13.0. The second-order valence-electron chi connectivity index (χ2n) is 3.63. The van der Waals surface area contributed by atoms with Gasteiger partial charge in [0.1, 0.15) is 5.82 Å². The molecular weight excluding hydrogens is 273 g/mol. The number of thiol groups is 1. The van der Waals surface area contributed by atoms with Crippen molar-refractivity contribution in [1.82, 2.24) is 0 Å². The number of amides is 1. The van der Waals surface area contributed by atoms with E-state index >= 15 is 0 Å². The molecule has 2 nitrogen and oxygen atoms in total. The van der Waals surface area contributed by atoms with E-state index in [-0.39, 0.29) is 16.6 Å². The molecule has 2 rings (SSSR count). The standard InChI is InChI=1S/C13H9ClFNOS/c14-11-5-4-9(15)7-12(11)16-13(17)8-2-1-3-10(18)6-8/h1-7,18H,(H,16,17). The van der Waals surface area contributed by atoms with Gasteiger partial charge in [0, 0.05) is 10.5 Å². The second kappa shape index (κ2) is 5.42. The fourth-order valence-electron chi connectivity index (χ4n) is 1.43. The molecule has 0 aromatic heterocycles. The van der Waals surface area contributed by atoms with Gasteiger partial charge in [-0.15, -0.1) is 12.6 Å². The first-order valence-corrected chi connectivity index (χ1v) is 5.94. The Bertz CT molecular complexity index is 603. The van der Waals surface area contributed by atoms with Crippen LogP contribution in [0.25, 0.3) is 0 Å². The Labute approximate surface area is 114 Å². The first-order valence-electron chi connectivity index (χ1n) is 5.12. The molecule has 0 fully saturated rings. The van der Waals surface area contributed by atoms with Crippen molar-refractivity contribution in [3.8, 4) is 0 Å². The summed E-state index contributed by atoms with van der Waals surface area (Å²) in [7, 11) is 0. The smallest absolute Gasteiger partial charge is 0.255 e. The summed E-state index contributed by atoms with van der Waals surface area (Å²) in [5.74, 6) is -0.823. The van der Waals surface area contributed by atoms with Gasteiger partial charge in [-0.05, 0) is 36.4 Å². The Hall–Kier alpha value is -1.52. The predicted octanol–water partition coefficient (Wildman–Crippen LogP) is 4.02. The number of halogens is 2. The number of anilines is 1. The van der Waals surface area contributed by atoms with Crippen LogP contribution in [0.2, 0.25) is 5.02 Å². The number of rotatable bonds is 2. The maximum Gasteiger partial charge on any atom is 0.255 e. The van der Waals surface area contributed by atoms with Crippen molar-refractivity contribution in [1.29, 1.82) is 0 Å². The normalized spacial score (nSPS) is 10.2. The van der Waals surface area contributed by atoms with Crippen molar-refractivity contribution in [3.05, 3.63) is 58.9 Å². The minimum absolute atomic E-state index is 0.242. The molecule has 1 N–H and O–H groups in total. The van der Waals surface area contributed by atoms with Gasteiger partial charge in [-0.2, -0.15) is 0 Å². The fraction of sp³-hybridized carbons (Fsp3) is 0. The molecule has 0 atom stereocenters. The zero-order valence-corrected chi connectivity index (χ0v) is 10.8. The summed E-state index contributed by atoms with van der Waals surface area (Å²) in [6, 6.07) is 10.5. The van der Waals surface area contributed by atoms with E-state index in [1.54, 1.807) is 24.3 Å². The molecule has 0 radical (unpaired) electrons. The van der Waals surface area contributed by atoms with Gasteiger partial charge in [0.05, 0.1) is 10.7 Å². The van der Waals surface area contributed by atoms with Gasteiger partial charge in [-0.25, -0.2) is 4.39 Å². The van der Waals surface area contributed by atoms with Gasteiger partial charge in [0.2, 0.25) is 0 Å². The van der Waals surface area contributed by atoms with Gasteiger partial charge >= 0.3 is 0 Å². The molecule has 0 bridgehead atoms. The topological polar surface area (TPSA) is 29.1 Å². The maximum absolute atomic E-state index is 13.0. The summed E-state index contributed by atoms with van der Waals surface area (Å²) in [6.07, 6.45) is 0. The zero-order valence-electron chi connectivity index (χ0n) is 9.15. The number of hydrogen-bond donors (Lipinski definition) is 2. The van der Waals surface area contributed by atoms with Crippen LogP contribution in [0, 0.1) is 5.82 Å². The molecule has 1 amide bonds. The molecule has 92 valence electrons. The van der Waals surface area contributed by atoms with E-state index in [1.807, 2.05) is 0 Å². The van der Waals surface area contributed by atoms with E-state index in [4.69, 9.17) is 11.6 Å². The first-order chi connectivity index (χ1) is 8.56. The number of carbonyl (C=O) groups excluding carboxylic acids is 1. The van der Waals surface area contributed by atoms with Crippen LogP contribution in [-0.4, -0.2) is 5.91 Å². The van der Waals surface area contributed by atoms with Crippen LogP contribution in [0.4, 0.5) is 10.1 Å². The Kier molecular flexibility index (Phi) is 3.89. The molecule has 0 unspecified atom stereocenters. The van der Waals surface area contributed by atoms with Crippen LogP contribution in [0.1, 0.15) is 10.4 Å². The van der Waals surface area contributed by atoms with E-state index in [0.717, 1.165) is 0 Å². The molecule has 0 spiro atoms. The van der Waals surface area contributed by atoms with Crippen molar-refractivity contribution in [2.45, 2.75) is 4.90 Å². The van der Waals surface area contributed by atoms with Gasteiger partial charge in [0.25, 0.3) is 5.91 Å². The van der Waals surface area contributed by atoms with Crippen LogP contribution in [0.3, 0.4) is 0 Å². The third kappa shape index (κ3) is 3.03. The largest absolute Gasteiger partial charge is 0.321 e. The van der Waals surface area contributed by atoms with E-state index in [1.165, 1.54) is 18.2 Å². The third-order valence-corrected chi connectivity index (χ3v) is 2.89.